The minimum atomic E-state index is -0.0210. The molecule has 33 heavy (non-hydrogen) atoms. The maximum atomic E-state index is 12.2. The van der Waals surface area contributed by atoms with Crippen molar-refractivity contribution in [2.45, 2.75) is 38.6 Å². The molecule has 1 amide bonds. The number of hydrogen-bond donors (Lipinski definition) is 3. The number of aryl methyl sites for hydroxylation is 1. The Bertz CT molecular complexity index is 1080. The van der Waals surface area contributed by atoms with Crippen LogP contribution in [-0.2, 0) is 4.79 Å². The number of aliphatic hydroxyl groups excluding tert-OH is 1. The molecular weight excluding hydrogens is 436 g/mol. The van der Waals surface area contributed by atoms with Gasteiger partial charge >= 0.3 is 0 Å². The van der Waals surface area contributed by atoms with E-state index in [0.717, 1.165) is 58.6 Å². The van der Waals surface area contributed by atoms with Gasteiger partial charge in [-0.1, -0.05) is 17.4 Å². The van der Waals surface area contributed by atoms with Crippen molar-refractivity contribution < 1.29 is 9.90 Å². The molecule has 0 aliphatic heterocycles. The van der Waals surface area contributed by atoms with Gasteiger partial charge in [0.2, 0.25) is 5.91 Å². The van der Waals surface area contributed by atoms with Gasteiger partial charge < -0.3 is 20.6 Å². The highest BCUT2D eigenvalue weighted by Gasteiger charge is 2.29. The number of nitrogens with zero attached hydrogens (tertiary/aromatic N) is 4. The van der Waals surface area contributed by atoms with Gasteiger partial charge in [-0.3, -0.25) is 4.79 Å². The van der Waals surface area contributed by atoms with Crippen LogP contribution in [-0.4, -0.2) is 52.2 Å². The van der Waals surface area contributed by atoms with Crippen LogP contribution in [0.3, 0.4) is 0 Å². The molecule has 174 valence electrons. The molecule has 3 N–H and O–H groups in total. The van der Waals surface area contributed by atoms with Crippen molar-refractivity contribution in [2.24, 2.45) is 5.92 Å². The Kier molecular flexibility index (Phi) is 7.51. The third kappa shape index (κ3) is 5.85. The standard InChI is InChI=1S/C24H30N6O2S/c1-16-10-11-25-22(14-16)29-21-5-3-4-19(28-21)20-15-27-24(33-20)30(2)18-8-6-17(7-9-18)23(32)26-12-13-31/h3-5,10-11,14-15,17-18,31H,6-9,12-13H2,1-2H3,(H,26,32)(H,25,28,29). The first-order valence-corrected chi connectivity index (χ1v) is 12.1. The number of carbonyl (C=O) groups is 1. The first-order chi connectivity index (χ1) is 16.0. The lowest BCUT2D eigenvalue weighted by Gasteiger charge is -2.34. The van der Waals surface area contributed by atoms with Crippen LogP contribution in [0.15, 0.2) is 42.7 Å². The number of thiazole rings is 1. The summed E-state index contributed by atoms with van der Waals surface area (Å²) < 4.78 is 0. The number of anilines is 3. The zero-order chi connectivity index (χ0) is 23.2. The highest BCUT2D eigenvalue weighted by atomic mass is 32.1. The zero-order valence-corrected chi connectivity index (χ0v) is 19.8. The average molecular weight is 467 g/mol. The quantitative estimate of drug-likeness (QED) is 0.464. The van der Waals surface area contributed by atoms with Crippen LogP contribution in [0.4, 0.5) is 16.8 Å². The summed E-state index contributed by atoms with van der Waals surface area (Å²) in [7, 11) is 2.08. The second-order valence-corrected chi connectivity index (χ2v) is 9.40. The van der Waals surface area contributed by atoms with Gasteiger partial charge in [-0.15, -0.1) is 0 Å². The fraction of sp³-hybridized carbons (Fsp3) is 0.417. The zero-order valence-electron chi connectivity index (χ0n) is 19.0. The smallest absolute Gasteiger partial charge is 0.223 e. The number of nitrogens with one attached hydrogen (secondary N) is 2. The van der Waals surface area contributed by atoms with Crippen molar-refractivity contribution in [3.05, 3.63) is 48.3 Å². The van der Waals surface area contributed by atoms with Crippen molar-refractivity contribution >= 4 is 34.0 Å². The number of hydrogen-bond acceptors (Lipinski definition) is 8. The van der Waals surface area contributed by atoms with E-state index in [1.54, 1.807) is 17.5 Å². The average Bonchev–Trinajstić information content (AvgIpc) is 3.33. The maximum absolute atomic E-state index is 12.2. The van der Waals surface area contributed by atoms with Gasteiger partial charge in [-0.05, 0) is 62.4 Å². The van der Waals surface area contributed by atoms with Gasteiger partial charge in [0.15, 0.2) is 5.13 Å². The summed E-state index contributed by atoms with van der Waals surface area (Å²) >= 11 is 1.63. The third-order valence-electron chi connectivity index (χ3n) is 5.99. The lowest BCUT2D eigenvalue weighted by molar-refractivity contribution is -0.126. The third-order valence-corrected chi connectivity index (χ3v) is 7.11. The summed E-state index contributed by atoms with van der Waals surface area (Å²) in [5.74, 6) is 1.61. The lowest BCUT2D eigenvalue weighted by atomic mass is 9.85. The maximum Gasteiger partial charge on any atom is 0.223 e. The Labute approximate surface area is 198 Å². The van der Waals surface area contributed by atoms with Gasteiger partial charge in [0.25, 0.3) is 0 Å². The number of pyridine rings is 2. The van der Waals surface area contributed by atoms with Crippen LogP contribution in [0.5, 0.6) is 0 Å². The Morgan fingerprint density at radius 2 is 2.00 bits per heavy atom. The van der Waals surface area contributed by atoms with E-state index in [1.807, 2.05) is 43.5 Å². The number of aliphatic hydroxyl groups is 1. The number of aromatic nitrogens is 3. The predicted molar refractivity (Wildman–Crippen MR) is 132 cm³/mol. The summed E-state index contributed by atoms with van der Waals surface area (Å²) in [5, 5.41) is 15.9. The Morgan fingerprint density at radius 1 is 1.18 bits per heavy atom. The fourth-order valence-electron chi connectivity index (χ4n) is 4.13. The number of carbonyl (C=O) groups excluding carboxylic acids is 1. The van der Waals surface area contributed by atoms with E-state index in [0.29, 0.717) is 12.6 Å². The molecule has 0 atom stereocenters. The van der Waals surface area contributed by atoms with Crippen LogP contribution in [0, 0.1) is 12.8 Å². The van der Waals surface area contributed by atoms with Crippen molar-refractivity contribution in [3.8, 4) is 10.6 Å². The Hall–Kier alpha value is -3.04. The van der Waals surface area contributed by atoms with Crippen molar-refractivity contribution in [3.63, 3.8) is 0 Å². The van der Waals surface area contributed by atoms with E-state index in [2.05, 4.69) is 32.5 Å². The molecule has 0 bridgehead atoms. The van der Waals surface area contributed by atoms with Gasteiger partial charge in [0.05, 0.1) is 17.2 Å². The topological polar surface area (TPSA) is 103 Å². The van der Waals surface area contributed by atoms with Crippen molar-refractivity contribution in [2.75, 3.05) is 30.4 Å². The van der Waals surface area contributed by atoms with Crippen LogP contribution < -0.4 is 15.5 Å². The molecular formula is C24H30N6O2S. The molecule has 0 spiro atoms. The molecule has 9 heteroatoms. The first-order valence-electron chi connectivity index (χ1n) is 11.3. The van der Waals surface area contributed by atoms with E-state index in [1.165, 1.54) is 0 Å². The molecule has 1 aliphatic rings. The van der Waals surface area contributed by atoms with E-state index in [4.69, 9.17) is 10.1 Å². The number of rotatable bonds is 8. The first kappa shape index (κ1) is 23.1. The molecule has 0 unspecified atom stereocenters. The molecule has 0 saturated heterocycles. The summed E-state index contributed by atoms with van der Waals surface area (Å²) in [6.45, 7) is 2.34. The van der Waals surface area contributed by atoms with Crippen LogP contribution in [0.25, 0.3) is 10.6 Å². The Balaban J connectivity index is 1.38. The van der Waals surface area contributed by atoms with Crippen molar-refractivity contribution in [1.82, 2.24) is 20.3 Å². The monoisotopic (exact) mass is 466 g/mol. The molecule has 1 saturated carbocycles. The minimum absolute atomic E-state index is 0.0210. The van der Waals surface area contributed by atoms with Gasteiger partial charge in [-0.2, -0.15) is 0 Å². The lowest BCUT2D eigenvalue weighted by Crippen LogP contribution is -2.40. The van der Waals surface area contributed by atoms with E-state index < -0.39 is 0 Å². The molecule has 3 aromatic rings. The van der Waals surface area contributed by atoms with E-state index in [-0.39, 0.29) is 18.4 Å². The summed E-state index contributed by atoms with van der Waals surface area (Å²) in [5.41, 5.74) is 2.01. The van der Waals surface area contributed by atoms with Crippen LogP contribution in [0.2, 0.25) is 0 Å². The molecule has 0 radical (unpaired) electrons. The summed E-state index contributed by atoms with van der Waals surface area (Å²) in [6, 6.07) is 10.2. The second-order valence-electron chi connectivity index (χ2n) is 8.39. The van der Waals surface area contributed by atoms with Gasteiger partial charge in [0.1, 0.15) is 11.6 Å². The van der Waals surface area contributed by atoms with Crippen LogP contribution >= 0.6 is 11.3 Å². The second kappa shape index (κ2) is 10.7. The summed E-state index contributed by atoms with van der Waals surface area (Å²) in [6.07, 6.45) is 7.26. The minimum Gasteiger partial charge on any atom is -0.395 e. The highest BCUT2D eigenvalue weighted by molar-refractivity contribution is 7.18. The molecule has 3 heterocycles. The largest absolute Gasteiger partial charge is 0.395 e. The van der Waals surface area contributed by atoms with Crippen molar-refractivity contribution in [1.29, 1.82) is 0 Å². The summed E-state index contributed by atoms with van der Waals surface area (Å²) in [4.78, 5) is 29.1. The SMILES string of the molecule is Cc1ccnc(Nc2cccc(-c3cnc(N(C)C4CCC(C(=O)NCCO)CC4)s3)n2)c1. The number of amides is 1. The normalized spacial score (nSPS) is 18.0. The Morgan fingerprint density at radius 3 is 2.76 bits per heavy atom. The van der Waals surface area contributed by atoms with Crippen LogP contribution in [0.1, 0.15) is 31.2 Å². The molecule has 8 nitrogen and oxygen atoms in total. The van der Waals surface area contributed by atoms with E-state index in [9.17, 15) is 4.79 Å². The molecule has 1 fully saturated rings. The molecule has 3 aromatic heterocycles. The predicted octanol–water partition coefficient (Wildman–Crippen LogP) is 3.76. The molecule has 0 aromatic carbocycles. The van der Waals surface area contributed by atoms with Gasteiger partial charge in [0, 0.05) is 37.9 Å². The molecule has 4 rings (SSSR count). The van der Waals surface area contributed by atoms with Gasteiger partial charge in [-0.25, -0.2) is 15.0 Å². The highest BCUT2D eigenvalue weighted by Crippen LogP contribution is 2.35. The fourth-order valence-corrected chi connectivity index (χ4v) is 5.05. The van der Waals surface area contributed by atoms with E-state index >= 15 is 0 Å². The molecule has 1 aliphatic carbocycles.